The number of hydrogen-bond donors (Lipinski definition) is 0. The molecule has 0 unspecified atom stereocenters. The Morgan fingerprint density at radius 3 is 2.44 bits per heavy atom. The number of rotatable bonds is 6. The molecule has 9 nitrogen and oxygen atoms in total. The molecule has 2 aromatic rings. The van der Waals surface area contributed by atoms with Crippen molar-refractivity contribution < 1.29 is 13.6 Å². The van der Waals surface area contributed by atoms with Crippen LogP contribution in [0.3, 0.4) is 0 Å². The third-order valence-corrected chi connectivity index (χ3v) is 8.45. The van der Waals surface area contributed by atoms with Crippen molar-refractivity contribution in [2.75, 3.05) is 39.3 Å². The number of aromatic nitrogens is 5. The lowest BCUT2D eigenvalue weighted by molar-refractivity contribution is -0.120. The largest absolute Gasteiger partial charge is 0.323 e. The van der Waals surface area contributed by atoms with Gasteiger partial charge >= 0.3 is 6.03 Å². The smallest absolute Gasteiger partial charge is 0.320 e. The van der Waals surface area contributed by atoms with E-state index in [1.54, 1.807) is 6.20 Å². The second kappa shape index (κ2) is 7.22. The Morgan fingerprint density at radius 2 is 1.76 bits per heavy atom. The highest BCUT2D eigenvalue weighted by Crippen LogP contribution is 2.54. The van der Waals surface area contributed by atoms with Gasteiger partial charge in [0.05, 0.1) is 11.7 Å². The molecular weight excluding hydrogens is 442 g/mol. The maximum absolute atomic E-state index is 12.9. The minimum absolute atomic E-state index is 0.171. The van der Waals surface area contributed by atoms with Crippen LogP contribution < -0.4 is 0 Å². The Kier molecular flexibility index (Phi) is 4.41. The highest BCUT2D eigenvalue weighted by Gasteiger charge is 2.58. The zero-order valence-electron chi connectivity index (χ0n) is 19.2. The molecule has 2 aromatic heterocycles. The molecule has 0 N–H and O–H groups in total. The second-order valence-electron chi connectivity index (χ2n) is 11.5. The summed E-state index contributed by atoms with van der Waals surface area (Å²) in [6.45, 7) is 5.40. The fourth-order valence-electron chi connectivity index (χ4n) is 6.61. The van der Waals surface area contributed by atoms with Crippen LogP contribution in [-0.4, -0.2) is 91.0 Å². The van der Waals surface area contributed by atoms with Gasteiger partial charge in [0.15, 0.2) is 5.82 Å². The monoisotopic (exact) mass is 472 g/mol. The van der Waals surface area contributed by atoms with Crippen molar-refractivity contribution in [2.24, 2.45) is 10.8 Å². The number of halogens is 2. The Labute approximate surface area is 196 Å². The van der Waals surface area contributed by atoms with Gasteiger partial charge in [0.1, 0.15) is 12.9 Å². The third kappa shape index (κ3) is 3.42. The van der Waals surface area contributed by atoms with E-state index in [0.717, 1.165) is 63.6 Å². The van der Waals surface area contributed by atoms with Gasteiger partial charge < -0.3 is 9.80 Å². The normalized spacial score (nSPS) is 25.4. The zero-order chi connectivity index (χ0) is 23.1. The maximum Gasteiger partial charge on any atom is 0.320 e. The summed E-state index contributed by atoms with van der Waals surface area (Å²) in [4.78, 5) is 23.6. The number of hydrogen-bond acceptors (Lipinski definition) is 5. The third-order valence-electron chi connectivity index (χ3n) is 8.45. The minimum Gasteiger partial charge on any atom is -0.323 e. The molecule has 0 radical (unpaired) electrons. The van der Waals surface area contributed by atoms with Gasteiger partial charge in [-0.05, 0) is 31.7 Å². The molecule has 11 heteroatoms. The van der Waals surface area contributed by atoms with E-state index in [2.05, 4.69) is 20.1 Å². The van der Waals surface area contributed by atoms with E-state index < -0.39 is 6.43 Å². The summed E-state index contributed by atoms with van der Waals surface area (Å²) >= 11 is 0. The number of amides is 2. The minimum atomic E-state index is -2.40. The summed E-state index contributed by atoms with van der Waals surface area (Å²) in [5, 5.41) is 8.68. The fraction of sp³-hybridized carbons (Fsp3) is 0.739. The molecule has 0 aromatic carbocycles. The maximum atomic E-state index is 12.9. The van der Waals surface area contributed by atoms with Crippen LogP contribution in [0.2, 0.25) is 0 Å². The molecule has 2 saturated carbocycles. The highest BCUT2D eigenvalue weighted by molar-refractivity contribution is 5.77. The molecule has 0 atom stereocenters. The van der Waals surface area contributed by atoms with Gasteiger partial charge in [0.2, 0.25) is 0 Å². The van der Waals surface area contributed by atoms with Gasteiger partial charge in [-0.25, -0.2) is 23.2 Å². The van der Waals surface area contributed by atoms with Gasteiger partial charge in [-0.1, -0.05) is 0 Å². The Hall–Kier alpha value is -2.56. The predicted octanol–water partition coefficient (Wildman–Crippen LogP) is 2.19. The van der Waals surface area contributed by atoms with Crippen LogP contribution in [0.5, 0.6) is 0 Å². The molecule has 7 rings (SSSR count). The quantitative estimate of drug-likeness (QED) is 0.644. The van der Waals surface area contributed by atoms with E-state index in [1.807, 2.05) is 26.9 Å². The van der Waals surface area contributed by atoms with Crippen LogP contribution in [0.15, 0.2) is 18.6 Å². The first-order valence-corrected chi connectivity index (χ1v) is 12.4. The molecule has 2 spiro atoms. The van der Waals surface area contributed by atoms with E-state index in [-0.39, 0.29) is 23.4 Å². The second-order valence-corrected chi connectivity index (χ2v) is 11.5. The Bertz CT molecular complexity index is 1080. The van der Waals surface area contributed by atoms with E-state index in [0.29, 0.717) is 18.5 Å². The summed E-state index contributed by atoms with van der Waals surface area (Å²) in [5.41, 5.74) is 1.28. The van der Waals surface area contributed by atoms with Crippen molar-refractivity contribution in [1.29, 1.82) is 0 Å². The average molecular weight is 473 g/mol. The average Bonchev–Trinajstić information content (AvgIpc) is 3.26. The lowest BCUT2D eigenvalue weighted by Gasteiger charge is -2.63. The SMILES string of the molecule is O=C(N1CC2(CC(n3cnc(C4CC4)n3)C2)C1)N1CC2(CN(Cc3ccnn3CC(F)F)C2)C1. The summed E-state index contributed by atoms with van der Waals surface area (Å²) in [7, 11) is 0. The molecule has 3 aliphatic heterocycles. The first-order chi connectivity index (χ1) is 16.4. The summed E-state index contributed by atoms with van der Waals surface area (Å²) < 4.78 is 28.8. The van der Waals surface area contributed by atoms with Crippen LogP contribution in [0, 0.1) is 10.8 Å². The molecule has 182 valence electrons. The first kappa shape index (κ1) is 20.8. The van der Waals surface area contributed by atoms with Crippen molar-refractivity contribution >= 4 is 6.03 Å². The number of urea groups is 1. The van der Waals surface area contributed by atoms with E-state index in [1.165, 1.54) is 17.5 Å². The lowest BCUT2D eigenvalue weighted by atomic mass is 9.60. The van der Waals surface area contributed by atoms with Crippen molar-refractivity contribution in [2.45, 2.75) is 57.2 Å². The molecule has 5 aliphatic rings. The van der Waals surface area contributed by atoms with Crippen molar-refractivity contribution in [3.8, 4) is 0 Å². The fourth-order valence-corrected chi connectivity index (χ4v) is 6.61. The first-order valence-electron chi connectivity index (χ1n) is 12.4. The molecule has 2 aliphatic carbocycles. The molecular formula is C23H30F2N8O. The van der Waals surface area contributed by atoms with Gasteiger partial charge in [-0.15, -0.1) is 0 Å². The van der Waals surface area contributed by atoms with Crippen molar-refractivity contribution in [3.63, 3.8) is 0 Å². The lowest BCUT2D eigenvalue weighted by Crippen LogP contribution is -2.75. The van der Waals surface area contributed by atoms with Crippen molar-refractivity contribution in [3.05, 3.63) is 30.1 Å². The van der Waals surface area contributed by atoms with Crippen LogP contribution in [0.1, 0.15) is 49.2 Å². The number of carbonyl (C=O) groups is 1. The van der Waals surface area contributed by atoms with Gasteiger partial charge in [0, 0.05) is 68.8 Å². The van der Waals surface area contributed by atoms with E-state index >= 15 is 0 Å². The van der Waals surface area contributed by atoms with E-state index in [4.69, 9.17) is 0 Å². The number of nitrogens with zero attached hydrogens (tertiary/aromatic N) is 8. The number of alkyl halides is 2. The van der Waals surface area contributed by atoms with Gasteiger partial charge in [-0.3, -0.25) is 9.58 Å². The molecule has 5 fully saturated rings. The molecule has 5 heterocycles. The molecule has 2 amide bonds. The number of likely N-dealkylation sites (tertiary alicyclic amines) is 3. The van der Waals surface area contributed by atoms with Crippen LogP contribution in [-0.2, 0) is 13.1 Å². The molecule has 34 heavy (non-hydrogen) atoms. The van der Waals surface area contributed by atoms with E-state index in [9.17, 15) is 13.6 Å². The predicted molar refractivity (Wildman–Crippen MR) is 117 cm³/mol. The molecule has 3 saturated heterocycles. The summed E-state index contributed by atoms with van der Waals surface area (Å²) in [6, 6.07) is 2.41. The summed E-state index contributed by atoms with van der Waals surface area (Å²) in [6.07, 6.45) is 5.69. The Morgan fingerprint density at radius 1 is 1.06 bits per heavy atom. The zero-order valence-corrected chi connectivity index (χ0v) is 19.2. The van der Waals surface area contributed by atoms with Crippen molar-refractivity contribution in [1.82, 2.24) is 39.2 Å². The van der Waals surface area contributed by atoms with Crippen LogP contribution in [0.4, 0.5) is 13.6 Å². The summed E-state index contributed by atoms with van der Waals surface area (Å²) in [5.74, 6) is 1.59. The highest BCUT2D eigenvalue weighted by atomic mass is 19.3. The van der Waals surface area contributed by atoms with Gasteiger partial charge in [0.25, 0.3) is 6.43 Å². The topological polar surface area (TPSA) is 75.3 Å². The van der Waals surface area contributed by atoms with Crippen LogP contribution in [0.25, 0.3) is 0 Å². The standard InChI is InChI=1S/C23H30F2N8O/c24-19(25)8-32-17(3-4-27-32)7-29-9-23(10-29)13-31(14-23)21(34)30-11-22(12-30)5-18(6-22)33-15-26-20(28-33)16-1-2-16/h3-4,15-16,18-19H,1-2,5-14H2. The van der Waals surface area contributed by atoms with Gasteiger partial charge in [-0.2, -0.15) is 10.2 Å². The molecule has 0 bridgehead atoms. The Balaban J connectivity index is 0.846. The number of carbonyl (C=O) groups excluding carboxylic acids is 1. The van der Waals surface area contributed by atoms with Crippen LogP contribution >= 0.6 is 0 Å².